The zero-order valence-electron chi connectivity index (χ0n) is 38.2. The smallest absolute Gasteiger partial charge is 0.257 e. The summed E-state index contributed by atoms with van der Waals surface area (Å²) in [6.45, 7) is 6.01. The van der Waals surface area contributed by atoms with Crippen molar-refractivity contribution in [3.63, 3.8) is 0 Å². The Morgan fingerprint density at radius 3 is 1.81 bits per heavy atom. The van der Waals surface area contributed by atoms with Gasteiger partial charge < -0.3 is 38.8 Å². The molecule has 18 nitrogen and oxygen atoms in total. The third-order valence-electron chi connectivity index (χ3n) is 12.5. The first-order valence-corrected chi connectivity index (χ1v) is 24.0. The molecule has 12 rings (SSSR count). The number of aromatic nitrogens is 12. The SMILES string of the molecule is C[C@H]1CCOCc2ccc(-n3cnc(C4CC4)c3)cc2C(=O)Nc2cccc(n2)-c2nncn21.C[C@H]1CCOCc2ccc(Br)cc2C(=O)Nc2cccc(n2)-c2nncn21.c1ncc(C2CC2)[nH]1. The number of carbonyl (C=O) groups excluding carboxylic acids is 2. The molecule has 8 aromatic rings. The van der Waals surface area contributed by atoms with Crippen LogP contribution >= 0.6 is 15.9 Å². The number of benzene rings is 2. The van der Waals surface area contributed by atoms with Crippen molar-refractivity contribution >= 4 is 39.4 Å². The van der Waals surface area contributed by atoms with Gasteiger partial charge in [0.15, 0.2) is 11.6 Å². The predicted molar refractivity (Wildman–Crippen MR) is 261 cm³/mol. The number of ether oxygens (including phenoxy) is 2. The van der Waals surface area contributed by atoms with Gasteiger partial charge in [0.1, 0.15) is 35.7 Å². The van der Waals surface area contributed by atoms with Crippen molar-refractivity contribution in [3.05, 3.63) is 149 Å². The minimum atomic E-state index is -0.237. The summed E-state index contributed by atoms with van der Waals surface area (Å²) in [5.41, 5.74) is 7.39. The Balaban J connectivity index is 0.000000140. The van der Waals surface area contributed by atoms with Crippen LogP contribution in [0.5, 0.6) is 0 Å². The highest BCUT2D eigenvalue weighted by Gasteiger charge is 2.27. The minimum absolute atomic E-state index is 0.136. The van der Waals surface area contributed by atoms with Crippen molar-refractivity contribution in [3.8, 4) is 28.7 Å². The maximum absolute atomic E-state index is 13.4. The van der Waals surface area contributed by atoms with Crippen molar-refractivity contribution in [1.82, 2.24) is 59.0 Å². The van der Waals surface area contributed by atoms with Crippen LogP contribution < -0.4 is 10.6 Å². The third-order valence-corrected chi connectivity index (χ3v) is 13.0. The molecule has 8 heterocycles. The van der Waals surface area contributed by atoms with E-state index >= 15 is 0 Å². The van der Waals surface area contributed by atoms with Crippen LogP contribution in [0.3, 0.4) is 0 Å². The number of rotatable bonds is 3. The quantitative estimate of drug-likeness (QED) is 0.151. The third kappa shape index (κ3) is 10.9. The van der Waals surface area contributed by atoms with Crippen LogP contribution in [0.4, 0.5) is 11.6 Å². The Labute approximate surface area is 406 Å². The number of amides is 2. The first-order chi connectivity index (χ1) is 33.7. The standard InChI is InChI=1S/C25H25N7O2.C19H18BrN5O2.C6H8N2/c1-16-9-10-34-13-18-7-8-19(31-12-22(26-14-31)17-5-6-17)11-20(18)25(33)29-23-4-2-3-21(28-23)24-30-27-15-32(16)24;1-12-7-8-27-10-13-5-6-14(20)9-15(13)19(26)23-17-4-2-3-16(22-17)18-24-21-11-25(12)18;1-2-5(1)6-3-7-4-8-6/h2-4,7-8,11-12,14-17H,5-6,9-10,13H2,1H3,(H,28,29,33);2-6,9,11-12H,7-8,10H2,1H3,(H,22,23,26);3-5H,1-2H2,(H,7,8)/t16-;12-;/m00./s1. The molecule has 6 aromatic heterocycles. The van der Waals surface area contributed by atoms with Gasteiger partial charge in [-0.2, -0.15) is 0 Å². The molecule has 19 heteroatoms. The number of nitrogens with zero attached hydrogens (tertiary/aromatic N) is 11. The highest BCUT2D eigenvalue weighted by Crippen LogP contribution is 2.39. The highest BCUT2D eigenvalue weighted by atomic mass is 79.9. The van der Waals surface area contributed by atoms with E-state index in [-0.39, 0.29) is 23.9 Å². The lowest BCUT2D eigenvalue weighted by Gasteiger charge is -2.17. The van der Waals surface area contributed by atoms with E-state index < -0.39 is 0 Å². The second-order valence-corrected chi connectivity index (χ2v) is 18.5. The van der Waals surface area contributed by atoms with Crippen LogP contribution in [0.15, 0.2) is 115 Å². The molecule has 2 aromatic carbocycles. The van der Waals surface area contributed by atoms with Crippen LogP contribution in [0.1, 0.15) is 120 Å². The number of pyridine rings is 2. The zero-order valence-corrected chi connectivity index (χ0v) is 39.8. The number of imidazole rings is 2. The van der Waals surface area contributed by atoms with Crippen LogP contribution in [0.2, 0.25) is 0 Å². The molecule has 2 fully saturated rings. The van der Waals surface area contributed by atoms with E-state index in [0.717, 1.165) is 45.7 Å². The number of aromatic amines is 1. The lowest BCUT2D eigenvalue weighted by Crippen LogP contribution is -2.17. The number of nitrogens with one attached hydrogen (secondary N) is 3. The molecule has 352 valence electrons. The summed E-state index contributed by atoms with van der Waals surface area (Å²) in [4.78, 5) is 46.9. The maximum Gasteiger partial charge on any atom is 0.257 e. The zero-order chi connectivity index (χ0) is 47.3. The summed E-state index contributed by atoms with van der Waals surface area (Å²) < 4.78 is 18.6. The molecule has 0 unspecified atom stereocenters. The molecule has 69 heavy (non-hydrogen) atoms. The first kappa shape index (κ1) is 45.6. The fourth-order valence-corrected chi connectivity index (χ4v) is 8.53. The number of anilines is 2. The van der Waals surface area contributed by atoms with Crippen LogP contribution in [-0.2, 0) is 22.7 Å². The van der Waals surface area contributed by atoms with Gasteiger partial charge in [-0.05, 0) is 112 Å². The van der Waals surface area contributed by atoms with Gasteiger partial charge >= 0.3 is 0 Å². The Morgan fingerprint density at radius 1 is 0.667 bits per heavy atom. The van der Waals surface area contributed by atoms with E-state index in [1.807, 2.05) is 80.8 Å². The van der Waals surface area contributed by atoms with Crippen LogP contribution in [0, 0.1) is 0 Å². The fraction of sp³-hybridized carbons (Fsp3) is 0.320. The monoisotopic (exact) mass is 990 g/mol. The van der Waals surface area contributed by atoms with E-state index in [1.54, 1.807) is 37.2 Å². The number of H-pyrrole nitrogens is 1. The van der Waals surface area contributed by atoms with Crippen LogP contribution in [-0.4, -0.2) is 84.0 Å². The molecular weight excluding hydrogens is 941 g/mol. The number of hydrogen-bond acceptors (Lipinski definition) is 12. The highest BCUT2D eigenvalue weighted by molar-refractivity contribution is 9.10. The van der Waals surface area contributed by atoms with E-state index in [4.69, 9.17) is 9.47 Å². The van der Waals surface area contributed by atoms with Crippen molar-refractivity contribution in [2.45, 2.75) is 89.5 Å². The Hall–Kier alpha value is -7.22. The molecule has 2 amide bonds. The van der Waals surface area contributed by atoms with Crippen molar-refractivity contribution in [1.29, 1.82) is 0 Å². The minimum Gasteiger partial charge on any atom is -0.377 e. The molecule has 2 aliphatic heterocycles. The van der Waals surface area contributed by atoms with Crippen LogP contribution in [0.25, 0.3) is 28.7 Å². The molecular formula is C50H51BrN14O4. The number of fused-ring (bicyclic) bond motifs is 10. The first-order valence-electron chi connectivity index (χ1n) is 23.2. The van der Waals surface area contributed by atoms with Gasteiger partial charge in [0, 0.05) is 76.5 Å². The largest absolute Gasteiger partial charge is 0.377 e. The maximum atomic E-state index is 13.4. The summed E-state index contributed by atoms with van der Waals surface area (Å²) in [5.74, 6) is 3.17. The molecule has 4 bridgehead atoms. The molecule has 3 N–H and O–H groups in total. The molecule has 0 saturated heterocycles. The molecule has 2 saturated carbocycles. The lowest BCUT2D eigenvalue weighted by atomic mass is 10.1. The summed E-state index contributed by atoms with van der Waals surface area (Å²) in [7, 11) is 0. The summed E-state index contributed by atoms with van der Waals surface area (Å²) >= 11 is 3.43. The van der Waals surface area contributed by atoms with Gasteiger partial charge in [-0.3, -0.25) is 9.59 Å². The summed E-state index contributed by atoms with van der Waals surface area (Å²) in [6, 6.07) is 22.7. The van der Waals surface area contributed by atoms with Gasteiger partial charge in [0.25, 0.3) is 11.8 Å². The van der Waals surface area contributed by atoms with E-state index in [2.05, 4.69) is 91.9 Å². The summed E-state index contributed by atoms with van der Waals surface area (Å²) in [6.07, 6.45) is 17.6. The number of carbonyl (C=O) groups is 2. The Bertz CT molecular complexity index is 3070. The average molecular weight is 992 g/mol. The predicted octanol–water partition coefficient (Wildman–Crippen LogP) is 9.26. The number of halogens is 1. The Morgan fingerprint density at radius 2 is 1.25 bits per heavy atom. The second kappa shape index (κ2) is 20.6. The lowest BCUT2D eigenvalue weighted by molar-refractivity contribution is 0.0986. The van der Waals surface area contributed by atoms with Gasteiger partial charge in [0.05, 0.1) is 31.6 Å². The van der Waals surface area contributed by atoms with Crippen molar-refractivity contribution < 1.29 is 19.1 Å². The fourth-order valence-electron chi connectivity index (χ4n) is 8.17. The van der Waals surface area contributed by atoms with E-state index in [0.29, 0.717) is 78.1 Å². The molecule has 0 spiro atoms. The average Bonchev–Trinajstić information content (AvgIpc) is 4.06. The van der Waals surface area contributed by atoms with Crippen molar-refractivity contribution in [2.24, 2.45) is 0 Å². The van der Waals surface area contributed by atoms with Gasteiger partial charge in [-0.1, -0.05) is 40.2 Å². The van der Waals surface area contributed by atoms with Gasteiger partial charge in [0.2, 0.25) is 0 Å². The summed E-state index contributed by atoms with van der Waals surface area (Å²) in [5, 5.41) is 22.4. The second-order valence-electron chi connectivity index (χ2n) is 17.6. The van der Waals surface area contributed by atoms with Gasteiger partial charge in [-0.15, -0.1) is 20.4 Å². The molecule has 4 aliphatic rings. The molecule has 0 radical (unpaired) electrons. The van der Waals surface area contributed by atoms with Crippen molar-refractivity contribution in [2.75, 3.05) is 23.8 Å². The van der Waals surface area contributed by atoms with Gasteiger partial charge in [-0.25, -0.2) is 19.9 Å². The molecule has 2 atom stereocenters. The number of hydrogen-bond donors (Lipinski definition) is 3. The Kier molecular flexibility index (Phi) is 13.6. The van der Waals surface area contributed by atoms with E-state index in [9.17, 15) is 9.59 Å². The topological polar surface area (TPSA) is 210 Å². The molecule has 2 aliphatic carbocycles. The van der Waals surface area contributed by atoms with E-state index in [1.165, 1.54) is 31.4 Å². The normalized spacial score (nSPS) is 18.1.